The zero-order chi connectivity index (χ0) is 13.1. The van der Waals surface area contributed by atoms with Gasteiger partial charge in [-0.1, -0.05) is 42.3 Å². The highest BCUT2D eigenvalue weighted by molar-refractivity contribution is 5.78. The highest BCUT2D eigenvalue weighted by atomic mass is 14.8. The smallest absolute Gasteiger partial charge is 0.0706 e. The first kappa shape index (κ1) is 12.4. The Morgan fingerprint density at radius 1 is 1.00 bits per heavy atom. The molecule has 1 aromatic carbocycles. The maximum Gasteiger partial charge on any atom is 0.0706 e. The van der Waals surface area contributed by atoms with Crippen molar-refractivity contribution in [1.29, 1.82) is 0 Å². The van der Waals surface area contributed by atoms with Crippen molar-refractivity contribution >= 4 is 10.9 Å². The summed E-state index contributed by atoms with van der Waals surface area (Å²) in [6.07, 6.45) is 8.48. The average Bonchev–Trinajstić information content (AvgIpc) is 2.75. The molecule has 0 saturated carbocycles. The lowest BCUT2D eigenvalue weighted by atomic mass is 9.99. The van der Waals surface area contributed by atoms with Crippen molar-refractivity contribution in [2.45, 2.75) is 38.1 Å². The van der Waals surface area contributed by atoms with E-state index in [0.717, 1.165) is 24.1 Å². The molecular formula is C17H20N2. The number of aromatic nitrogens is 1. The summed E-state index contributed by atoms with van der Waals surface area (Å²) in [5, 5.41) is 1.17. The van der Waals surface area contributed by atoms with E-state index in [0.29, 0.717) is 0 Å². The summed E-state index contributed by atoms with van der Waals surface area (Å²) < 4.78 is 0. The number of nitrogens with zero attached hydrogens (tertiary/aromatic N) is 1. The molecule has 3 rings (SSSR count). The lowest BCUT2D eigenvalue weighted by Crippen LogP contribution is -2.14. The van der Waals surface area contributed by atoms with Crippen LogP contribution in [0.5, 0.6) is 0 Å². The number of pyridine rings is 1. The molecule has 0 aliphatic heterocycles. The minimum Gasteiger partial charge on any atom is -0.319 e. The third kappa shape index (κ3) is 2.69. The fraction of sp³-hybridized carbons (Fsp3) is 0.353. The average molecular weight is 252 g/mol. The quantitative estimate of drug-likeness (QED) is 0.816. The first-order chi connectivity index (χ1) is 9.34. The van der Waals surface area contributed by atoms with Crippen molar-refractivity contribution in [1.82, 2.24) is 4.98 Å². The first-order valence-electron chi connectivity index (χ1n) is 7.15. The Kier molecular flexibility index (Phi) is 3.60. The molecule has 0 amide bonds. The van der Waals surface area contributed by atoms with E-state index >= 15 is 0 Å². The van der Waals surface area contributed by atoms with Gasteiger partial charge in [0.15, 0.2) is 0 Å². The third-order valence-corrected chi connectivity index (χ3v) is 3.91. The second kappa shape index (κ2) is 5.54. The van der Waals surface area contributed by atoms with Crippen molar-refractivity contribution in [2.24, 2.45) is 5.73 Å². The number of hydrogen-bond acceptors (Lipinski definition) is 2. The van der Waals surface area contributed by atoms with Crippen molar-refractivity contribution < 1.29 is 0 Å². The fourth-order valence-electron chi connectivity index (χ4n) is 2.77. The van der Waals surface area contributed by atoms with Gasteiger partial charge in [-0.2, -0.15) is 0 Å². The largest absolute Gasteiger partial charge is 0.319 e. The Bertz CT molecular complexity index is 601. The molecule has 1 heterocycles. The van der Waals surface area contributed by atoms with Crippen LogP contribution in [0.4, 0.5) is 0 Å². The maximum atomic E-state index is 6.40. The van der Waals surface area contributed by atoms with Crippen molar-refractivity contribution in [3.8, 4) is 0 Å². The van der Waals surface area contributed by atoms with Gasteiger partial charge in [0.1, 0.15) is 0 Å². The van der Waals surface area contributed by atoms with E-state index in [1.807, 2.05) is 18.2 Å². The van der Waals surface area contributed by atoms with Gasteiger partial charge in [0, 0.05) is 5.39 Å². The first-order valence-corrected chi connectivity index (χ1v) is 7.15. The molecule has 0 radical (unpaired) electrons. The number of para-hydroxylation sites is 1. The molecule has 1 aliphatic carbocycles. The van der Waals surface area contributed by atoms with Crippen molar-refractivity contribution in [3.63, 3.8) is 0 Å². The summed E-state index contributed by atoms with van der Waals surface area (Å²) in [6, 6.07) is 12.3. The van der Waals surface area contributed by atoms with Crippen LogP contribution in [-0.4, -0.2) is 4.98 Å². The number of rotatable bonds is 2. The highest BCUT2D eigenvalue weighted by Crippen LogP contribution is 2.27. The van der Waals surface area contributed by atoms with Crippen LogP contribution < -0.4 is 5.73 Å². The van der Waals surface area contributed by atoms with E-state index in [1.165, 1.54) is 30.2 Å². The molecule has 2 heteroatoms. The summed E-state index contributed by atoms with van der Waals surface area (Å²) in [5.41, 5.74) is 9.79. The summed E-state index contributed by atoms with van der Waals surface area (Å²) in [4.78, 5) is 4.72. The van der Waals surface area contributed by atoms with Crippen molar-refractivity contribution in [2.75, 3.05) is 0 Å². The number of allylic oxidation sites excluding steroid dienone is 1. The zero-order valence-electron chi connectivity index (χ0n) is 11.2. The van der Waals surface area contributed by atoms with E-state index in [2.05, 4.69) is 24.3 Å². The standard InChI is InChI=1S/C17H20N2/c18-17(14-8-3-1-2-4-9-14)16-12-11-13-7-5-6-10-15(13)19-16/h5-8,10-12,17H,1-4,9,18H2. The maximum absolute atomic E-state index is 6.40. The Morgan fingerprint density at radius 3 is 2.84 bits per heavy atom. The highest BCUT2D eigenvalue weighted by Gasteiger charge is 2.14. The van der Waals surface area contributed by atoms with Gasteiger partial charge in [-0.25, -0.2) is 0 Å². The van der Waals surface area contributed by atoms with Gasteiger partial charge >= 0.3 is 0 Å². The molecule has 0 saturated heterocycles. The van der Waals surface area contributed by atoms with E-state index in [-0.39, 0.29) is 6.04 Å². The second-order valence-electron chi connectivity index (χ2n) is 5.28. The predicted molar refractivity (Wildman–Crippen MR) is 79.8 cm³/mol. The van der Waals surface area contributed by atoms with Gasteiger partial charge in [0.05, 0.1) is 17.3 Å². The fourth-order valence-corrected chi connectivity index (χ4v) is 2.77. The van der Waals surface area contributed by atoms with E-state index < -0.39 is 0 Å². The molecule has 2 nitrogen and oxygen atoms in total. The SMILES string of the molecule is NC(C1=CCCCCC1)c1ccc2ccccc2n1. The van der Waals surface area contributed by atoms with Crippen LogP contribution in [-0.2, 0) is 0 Å². The minimum absolute atomic E-state index is 0.0392. The molecule has 19 heavy (non-hydrogen) atoms. The van der Waals surface area contributed by atoms with Crippen LogP contribution >= 0.6 is 0 Å². The lowest BCUT2D eigenvalue weighted by Gasteiger charge is -2.15. The van der Waals surface area contributed by atoms with Crippen molar-refractivity contribution in [3.05, 3.63) is 53.7 Å². The Balaban J connectivity index is 1.92. The van der Waals surface area contributed by atoms with Gasteiger partial charge < -0.3 is 5.73 Å². The topological polar surface area (TPSA) is 38.9 Å². The van der Waals surface area contributed by atoms with Gasteiger partial charge in [-0.15, -0.1) is 0 Å². The van der Waals surface area contributed by atoms with Gasteiger partial charge in [-0.05, 0) is 37.8 Å². The number of hydrogen-bond donors (Lipinski definition) is 1. The molecule has 98 valence electrons. The van der Waals surface area contributed by atoms with Gasteiger partial charge in [0.25, 0.3) is 0 Å². The molecule has 1 unspecified atom stereocenters. The van der Waals surface area contributed by atoms with Crippen LogP contribution in [0.25, 0.3) is 10.9 Å². The molecule has 2 N–H and O–H groups in total. The van der Waals surface area contributed by atoms with E-state index in [4.69, 9.17) is 10.7 Å². The normalized spacial score (nSPS) is 17.8. The third-order valence-electron chi connectivity index (χ3n) is 3.91. The monoisotopic (exact) mass is 252 g/mol. The number of nitrogens with two attached hydrogens (primary N) is 1. The van der Waals surface area contributed by atoms with Crippen LogP contribution in [0, 0.1) is 0 Å². The summed E-state index contributed by atoms with van der Waals surface area (Å²) >= 11 is 0. The van der Waals surface area contributed by atoms with Gasteiger partial charge in [0.2, 0.25) is 0 Å². The van der Waals surface area contributed by atoms with Crippen LogP contribution in [0.2, 0.25) is 0 Å². The Hall–Kier alpha value is -1.67. The molecule has 0 fully saturated rings. The minimum atomic E-state index is -0.0392. The summed E-state index contributed by atoms with van der Waals surface area (Å²) in [5.74, 6) is 0. The van der Waals surface area contributed by atoms with Gasteiger partial charge in [-0.3, -0.25) is 4.98 Å². The Labute approximate surface area is 114 Å². The number of fused-ring (bicyclic) bond motifs is 1. The summed E-state index contributed by atoms with van der Waals surface area (Å²) in [7, 11) is 0. The summed E-state index contributed by atoms with van der Waals surface area (Å²) in [6.45, 7) is 0. The van der Waals surface area contributed by atoms with Crippen LogP contribution in [0.3, 0.4) is 0 Å². The molecule has 0 spiro atoms. The predicted octanol–water partition coefficient (Wildman–Crippen LogP) is 4.13. The van der Waals surface area contributed by atoms with Crippen LogP contribution in [0.1, 0.15) is 43.8 Å². The lowest BCUT2D eigenvalue weighted by molar-refractivity contribution is 0.683. The number of benzene rings is 1. The van der Waals surface area contributed by atoms with E-state index in [9.17, 15) is 0 Å². The molecule has 1 aliphatic rings. The second-order valence-corrected chi connectivity index (χ2v) is 5.28. The molecular weight excluding hydrogens is 232 g/mol. The molecule has 1 atom stereocenters. The molecule has 1 aromatic heterocycles. The molecule has 2 aromatic rings. The Morgan fingerprint density at radius 2 is 1.89 bits per heavy atom. The van der Waals surface area contributed by atoms with E-state index in [1.54, 1.807) is 0 Å². The zero-order valence-corrected chi connectivity index (χ0v) is 11.2. The van der Waals surface area contributed by atoms with Crippen LogP contribution in [0.15, 0.2) is 48.0 Å². The molecule has 0 bridgehead atoms.